The summed E-state index contributed by atoms with van der Waals surface area (Å²) < 4.78 is 37.7. The molecule has 1 unspecified atom stereocenters. The first-order valence-corrected chi connectivity index (χ1v) is 7.94. The third kappa shape index (κ3) is 4.75. The summed E-state index contributed by atoms with van der Waals surface area (Å²) in [5, 5.41) is 2.89. The van der Waals surface area contributed by atoms with Gasteiger partial charge in [-0.15, -0.1) is 6.42 Å². The van der Waals surface area contributed by atoms with Crippen molar-refractivity contribution in [1.82, 2.24) is 10.2 Å². The van der Waals surface area contributed by atoms with Crippen LogP contribution in [0.3, 0.4) is 0 Å². The number of carbonyl (C=O) groups is 1. The Morgan fingerprint density at radius 1 is 1.33 bits per heavy atom. The minimum atomic E-state index is -4.35. The molecule has 1 heterocycles. The lowest BCUT2D eigenvalue weighted by Gasteiger charge is -2.30. The fourth-order valence-electron chi connectivity index (χ4n) is 2.86. The number of carbonyl (C=O) groups excluding carboxylic acids is 1. The van der Waals surface area contributed by atoms with Crippen LogP contribution >= 0.6 is 0 Å². The van der Waals surface area contributed by atoms with E-state index in [4.69, 9.17) is 6.42 Å². The van der Waals surface area contributed by atoms with Crippen LogP contribution in [0.2, 0.25) is 0 Å². The Labute approximate surface area is 140 Å². The molecule has 0 spiro atoms. The van der Waals surface area contributed by atoms with E-state index in [0.717, 1.165) is 38.1 Å². The summed E-state index contributed by atoms with van der Waals surface area (Å²) in [6, 6.07) is 4.56. The minimum absolute atomic E-state index is 0.0530. The van der Waals surface area contributed by atoms with Crippen LogP contribution in [0.25, 0.3) is 0 Å². The van der Waals surface area contributed by atoms with E-state index in [1.54, 1.807) is 6.92 Å². The molecule has 1 aliphatic rings. The molecule has 1 N–H and O–H groups in total. The molecule has 0 aromatic heterocycles. The monoisotopic (exact) mass is 338 g/mol. The second-order valence-electron chi connectivity index (χ2n) is 6.10. The molecular weight excluding hydrogens is 317 g/mol. The first-order chi connectivity index (χ1) is 11.3. The molecule has 6 heteroatoms. The largest absolute Gasteiger partial charge is 0.416 e. The Morgan fingerprint density at radius 3 is 2.42 bits per heavy atom. The molecule has 3 nitrogen and oxygen atoms in total. The average molecular weight is 338 g/mol. The topological polar surface area (TPSA) is 32.3 Å². The lowest BCUT2D eigenvalue weighted by molar-refractivity contribution is -0.137. The molecule has 1 aromatic carbocycles. The van der Waals surface area contributed by atoms with E-state index in [-0.39, 0.29) is 17.9 Å². The molecule has 1 atom stereocenters. The van der Waals surface area contributed by atoms with Crippen LogP contribution in [0.15, 0.2) is 24.3 Å². The van der Waals surface area contributed by atoms with Gasteiger partial charge < -0.3 is 5.32 Å². The summed E-state index contributed by atoms with van der Waals surface area (Å²) in [6.45, 7) is 3.94. The van der Waals surface area contributed by atoms with E-state index in [2.05, 4.69) is 16.1 Å². The second-order valence-corrected chi connectivity index (χ2v) is 6.10. The number of hydrogen-bond acceptors (Lipinski definition) is 2. The molecule has 0 radical (unpaired) electrons. The highest BCUT2D eigenvalue weighted by Crippen LogP contribution is 2.30. The van der Waals surface area contributed by atoms with Crippen molar-refractivity contribution >= 4 is 5.91 Å². The molecule has 0 bridgehead atoms. The van der Waals surface area contributed by atoms with Gasteiger partial charge >= 0.3 is 6.18 Å². The zero-order valence-electron chi connectivity index (χ0n) is 13.6. The fourth-order valence-corrected chi connectivity index (χ4v) is 2.86. The number of nitrogens with zero attached hydrogens (tertiary/aromatic N) is 1. The number of nitrogens with one attached hydrogen (secondary N) is 1. The predicted molar refractivity (Wildman–Crippen MR) is 86.0 cm³/mol. The predicted octanol–water partition coefficient (Wildman–Crippen LogP) is 3.23. The lowest BCUT2D eigenvalue weighted by Crippen LogP contribution is -2.41. The number of alkyl halides is 3. The van der Waals surface area contributed by atoms with E-state index in [1.165, 1.54) is 12.1 Å². The number of benzene rings is 1. The highest BCUT2D eigenvalue weighted by molar-refractivity contribution is 5.79. The molecule has 130 valence electrons. The number of likely N-dealkylation sites (tertiary alicyclic amines) is 1. The van der Waals surface area contributed by atoms with Crippen molar-refractivity contribution in [3.63, 3.8) is 0 Å². The van der Waals surface area contributed by atoms with E-state index in [0.29, 0.717) is 12.1 Å². The number of hydrogen-bond donors (Lipinski definition) is 1. The second kappa shape index (κ2) is 7.71. The van der Waals surface area contributed by atoms with Crippen LogP contribution in [0.4, 0.5) is 13.2 Å². The van der Waals surface area contributed by atoms with Crippen LogP contribution in [-0.2, 0) is 11.0 Å². The Hall–Kier alpha value is -2.00. The van der Waals surface area contributed by atoms with Gasteiger partial charge in [0.2, 0.25) is 5.91 Å². The summed E-state index contributed by atoms with van der Waals surface area (Å²) in [6.07, 6.45) is 2.42. The molecule has 0 aliphatic carbocycles. The van der Waals surface area contributed by atoms with E-state index >= 15 is 0 Å². The van der Waals surface area contributed by atoms with Crippen molar-refractivity contribution in [3.05, 3.63) is 35.4 Å². The maximum Gasteiger partial charge on any atom is 0.416 e. The van der Waals surface area contributed by atoms with E-state index < -0.39 is 11.7 Å². The molecule has 1 aromatic rings. The smallest absolute Gasteiger partial charge is 0.349 e. The number of rotatable bonds is 4. The molecule has 1 amide bonds. The Kier molecular flexibility index (Phi) is 5.89. The molecule has 24 heavy (non-hydrogen) atoms. The van der Waals surface area contributed by atoms with Gasteiger partial charge in [0.25, 0.3) is 0 Å². The maximum absolute atomic E-state index is 12.6. The zero-order valence-corrected chi connectivity index (χ0v) is 13.6. The summed E-state index contributed by atoms with van der Waals surface area (Å²) in [4.78, 5) is 14.5. The average Bonchev–Trinajstić information content (AvgIpc) is 2.55. The van der Waals surface area contributed by atoms with Gasteiger partial charge in [0.15, 0.2) is 0 Å². The number of amides is 1. The zero-order chi connectivity index (χ0) is 17.7. The molecule has 1 aliphatic heterocycles. The third-order valence-electron chi connectivity index (χ3n) is 4.37. The summed E-state index contributed by atoms with van der Waals surface area (Å²) in [7, 11) is 0. The minimum Gasteiger partial charge on any atom is -0.349 e. The fraction of sp³-hybridized carbons (Fsp3) is 0.500. The number of terminal acetylenes is 1. The summed E-state index contributed by atoms with van der Waals surface area (Å²) >= 11 is 0. The number of halogens is 3. The van der Waals surface area contributed by atoms with Crippen molar-refractivity contribution in [1.29, 1.82) is 0 Å². The highest BCUT2D eigenvalue weighted by atomic mass is 19.4. The van der Waals surface area contributed by atoms with Gasteiger partial charge in [-0.3, -0.25) is 9.69 Å². The van der Waals surface area contributed by atoms with Crippen molar-refractivity contribution in [3.8, 4) is 12.3 Å². The van der Waals surface area contributed by atoms with Crippen LogP contribution in [0, 0.1) is 18.3 Å². The van der Waals surface area contributed by atoms with E-state index in [1.807, 2.05) is 0 Å². The van der Waals surface area contributed by atoms with Gasteiger partial charge in [-0.25, -0.2) is 0 Å². The summed E-state index contributed by atoms with van der Waals surface area (Å²) in [5.41, 5.74) is -0.0354. The first-order valence-electron chi connectivity index (χ1n) is 7.94. The molecule has 0 saturated carbocycles. The maximum atomic E-state index is 12.6. The Balaban J connectivity index is 1.89. The van der Waals surface area contributed by atoms with Crippen molar-refractivity contribution < 1.29 is 18.0 Å². The Bertz CT molecular complexity index is 596. The van der Waals surface area contributed by atoms with Gasteiger partial charge in [-0.05, 0) is 50.6 Å². The van der Waals surface area contributed by atoms with Gasteiger partial charge in [0.1, 0.15) is 0 Å². The normalized spacial score (nSPS) is 18.0. The van der Waals surface area contributed by atoms with Crippen molar-refractivity contribution in [2.24, 2.45) is 5.92 Å². The molecule has 1 saturated heterocycles. The first kappa shape index (κ1) is 18.3. The standard InChI is InChI=1S/C18H21F3N2O/c1-3-10-23-11-8-15(9-12-23)17(24)22-13(2)14-4-6-16(7-5-14)18(19,20)21/h1,4-7,13,15H,8-12H2,2H3,(H,22,24). The third-order valence-corrected chi connectivity index (χ3v) is 4.37. The van der Waals surface area contributed by atoms with E-state index in [9.17, 15) is 18.0 Å². The van der Waals surface area contributed by atoms with Crippen molar-refractivity contribution in [2.45, 2.75) is 32.0 Å². The van der Waals surface area contributed by atoms with Crippen LogP contribution < -0.4 is 5.32 Å². The number of piperidine rings is 1. The van der Waals surface area contributed by atoms with Gasteiger partial charge in [-0.2, -0.15) is 13.2 Å². The van der Waals surface area contributed by atoms with Crippen LogP contribution in [-0.4, -0.2) is 30.4 Å². The Morgan fingerprint density at radius 2 is 1.92 bits per heavy atom. The summed E-state index contributed by atoms with van der Waals surface area (Å²) in [5.74, 6) is 2.47. The van der Waals surface area contributed by atoms with Gasteiger partial charge in [0.05, 0.1) is 18.2 Å². The highest BCUT2D eigenvalue weighted by Gasteiger charge is 2.30. The SMILES string of the molecule is C#CCN1CCC(C(=O)NC(C)c2ccc(C(F)(F)F)cc2)CC1. The molecule has 2 rings (SSSR count). The van der Waals surface area contributed by atoms with Crippen molar-refractivity contribution in [2.75, 3.05) is 19.6 Å². The van der Waals surface area contributed by atoms with Gasteiger partial charge in [0, 0.05) is 5.92 Å². The molecular formula is C18H21F3N2O. The quantitative estimate of drug-likeness (QED) is 0.855. The van der Waals surface area contributed by atoms with Gasteiger partial charge in [-0.1, -0.05) is 18.1 Å². The molecule has 1 fully saturated rings. The van der Waals surface area contributed by atoms with Crippen LogP contribution in [0.5, 0.6) is 0 Å². The lowest BCUT2D eigenvalue weighted by atomic mass is 9.95. The van der Waals surface area contributed by atoms with Crippen LogP contribution in [0.1, 0.15) is 36.9 Å².